The quantitative estimate of drug-likeness (QED) is 0.786. The van der Waals surface area contributed by atoms with Gasteiger partial charge in [-0.25, -0.2) is 5.01 Å². The van der Waals surface area contributed by atoms with Crippen LogP contribution >= 0.6 is 0 Å². The molecule has 0 aliphatic carbocycles. The molecule has 2 aromatic rings. The average molecular weight is 365 g/mol. The zero-order chi connectivity index (χ0) is 19.4. The number of rotatable bonds is 6. The maximum Gasteiger partial charge on any atom is 0.243 e. The lowest BCUT2D eigenvalue weighted by atomic mass is 9.97. The van der Waals surface area contributed by atoms with Crippen LogP contribution in [0.4, 0.5) is 0 Å². The number of aliphatic carboxylic acids is 1. The van der Waals surface area contributed by atoms with Crippen molar-refractivity contribution in [1.82, 2.24) is 5.01 Å². The molecule has 1 amide bonds. The van der Waals surface area contributed by atoms with Gasteiger partial charge in [-0.2, -0.15) is 5.10 Å². The van der Waals surface area contributed by atoms with E-state index in [2.05, 4.69) is 5.10 Å². The van der Waals surface area contributed by atoms with Crippen molar-refractivity contribution in [3.63, 3.8) is 0 Å². The van der Waals surface area contributed by atoms with Gasteiger partial charge < -0.3 is 14.6 Å². The number of nitrogens with zero attached hydrogens (tertiary/aromatic N) is 2. The Morgan fingerprint density at radius 1 is 1.11 bits per heavy atom. The van der Waals surface area contributed by atoms with Gasteiger partial charge in [-0.3, -0.25) is 4.79 Å². The fraction of sp³-hybridized carbons (Fsp3) is 0.286. The van der Waals surface area contributed by atoms with Crippen molar-refractivity contribution in [2.45, 2.75) is 32.2 Å². The van der Waals surface area contributed by atoms with Crippen molar-refractivity contribution >= 4 is 17.6 Å². The Morgan fingerprint density at radius 2 is 1.78 bits per heavy atom. The van der Waals surface area contributed by atoms with Crippen molar-refractivity contribution in [2.75, 3.05) is 7.11 Å². The second-order valence-electron chi connectivity index (χ2n) is 6.52. The number of hydrogen-bond donors (Lipinski definition) is 0. The first-order valence-corrected chi connectivity index (χ1v) is 8.78. The van der Waals surface area contributed by atoms with Gasteiger partial charge >= 0.3 is 0 Å². The summed E-state index contributed by atoms with van der Waals surface area (Å²) in [5.41, 5.74) is 3.82. The largest absolute Gasteiger partial charge is 0.550 e. The Balaban J connectivity index is 1.89. The van der Waals surface area contributed by atoms with Crippen LogP contribution in [-0.4, -0.2) is 29.7 Å². The third-order valence-electron chi connectivity index (χ3n) is 4.59. The molecule has 6 nitrogen and oxygen atoms in total. The summed E-state index contributed by atoms with van der Waals surface area (Å²) in [6.45, 7) is 2.01. The Labute approximate surface area is 158 Å². The summed E-state index contributed by atoms with van der Waals surface area (Å²) in [5.74, 6) is -0.848. The summed E-state index contributed by atoms with van der Waals surface area (Å²) in [6, 6.07) is 15.2. The molecular formula is C21H21N2O4-. The number of methoxy groups -OCH3 is 1. The molecule has 0 saturated heterocycles. The summed E-state index contributed by atoms with van der Waals surface area (Å²) in [4.78, 5) is 23.3. The minimum Gasteiger partial charge on any atom is -0.550 e. The number of aryl methyl sites for hydroxylation is 1. The first kappa shape index (κ1) is 18.6. The number of carbonyl (C=O) groups is 2. The highest BCUT2D eigenvalue weighted by atomic mass is 16.5. The first-order chi connectivity index (χ1) is 13.0. The standard InChI is InChI=1S/C21H22N2O4/c1-14-3-5-15(6-4-14)18-13-19(16-7-9-17(27-2)10-8-16)23(22-18)20(24)11-12-21(25)26/h3-10,19H,11-13H2,1-2H3,(H,25,26)/p-1/t19-/m0/s1. The molecule has 0 spiro atoms. The van der Waals surface area contributed by atoms with E-state index in [-0.39, 0.29) is 24.8 Å². The van der Waals surface area contributed by atoms with Crippen molar-refractivity contribution < 1.29 is 19.4 Å². The summed E-state index contributed by atoms with van der Waals surface area (Å²) in [6.07, 6.45) is 0.103. The summed E-state index contributed by atoms with van der Waals surface area (Å²) in [5, 5.41) is 16.7. The zero-order valence-corrected chi connectivity index (χ0v) is 15.3. The van der Waals surface area contributed by atoms with Crippen LogP contribution in [0.3, 0.4) is 0 Å². The molecular weight excluding hydrogens is 344 g/mol. The number of hydrogen-bond acceptors (Lipinski definition) is 5. The van der Waals surface area contributed by atoms with Crippen LogP contribution < -0.4 is 9.84 Å². The van der Waals surface area contributed by atoms with Gasteiger partial charge in [-0.1, -0.05) is 42.0 Å². The van der Waals surface area contributed by atoms with Crippen LogP contribution in [0.2, 0.25) is 0 Å². The predicted molar refractivity (Wildman–Crippen MR) is 99.2 cm³/mol. The number of benzene rings is 2. The summed E-state index contributed by atoms with van der Waals surface area (Å²) >= 11 is 0. The van der Waals surface area contributed by atoms with E-state index in [0.29, 0.717) is 6.42 Å². The molecule has 140 valence electrons. The summed E-state index contributed by atoms with van der Waals surface area (Å²) in [7, 11) is 1.60. The normalized spacial score (nSPS) is 16.1. The van der Waals surface area contributed by atoms with Gasteiger partial charge in [-0.05, 0) is 36.6 Å². The van der Waals surface area contributed by atoms with Crippen molar-refractivity contribution in [2.24, 2.45) is 5.10 Å². The van der Waals surface area contributed by atoms with E-state index in [4.69, 9.17) is 4.74 Å². The van der Waals surface area contributed by atoms with Crippen LogP contribution in [0, 0.1) is 6.92 Å². The van der Waals surface area contributed by atoms with E-state index in [0.717, 1.165) is 28.2 Å². The number of carboxylic acid groups (broad SMARTS) is 1. The van der Waals surface area contributed by atoms with Crippen LogP contribution in [0.5, 0.6) is 5.75 Å². The molecule has 1 aliphatic rings. The molecule has 0 unspecified atom stereocenters. The molecule has 0 saturated carbocycles. The Kier molecular flexibility index (Phi) is 5.54. The molecule has 0 N–H and O–H groups in total. The lowest BCUT2D eigenvalue weighted by molar-refractivity contribution is -0.305. The Morgan fingerprint density at radius 3 is 2.37 bits per heavy atom. The number of ether oxygens (including phenoxy) is 1. The molecule has 0 fully saturated rings. The van der Waals surface area contributed by atoms with E-state index in [1.807, 2.05) is 55.5 Å². The van der Waals surface area contributed by atoms with E-state index < -0.39 is 5.97 Å². The third-order valence-corrected chi connectivity index (χ3v) is 4.59. The number of hydrazone groups is 1. The maximum absolute atomic E-state index is 12.6. The SMILES string of the molecule is COc1ccc([C@@H]2CC(c3ccc(C)cc3)=NN2C(=O)CCC(=O)[O-])cc1. The highest BCUT2D eigenvalue weighted by molar-refractivity contribution is 6.03. The van der Waals surface area contributed by atoms with Crippen LogP contribution in [0.1, 0.15) is 42.0 Å². The highest BCUT2D eigenvalue weighted by Crippen LogP contribution is 2.34. The second-order valence-corrected chi connectivity index (χ2v) is 6.52. The number of carbonyl (C=O) groups excluding carboxylic acids is 2. The Bertz CT molecular complexity index is 857. The van der Waals surface area contributed by atoms with Gasteiger partial charge in [-0.15, -0.1) is 0 Å². The van der Waals surface area contributed by atoms with E-state index in [9.17, 15) is 14.7 Å². The van der Waals surface area contributed by atoms with E-state index in [1.54, 1.807) is 7.11 Å². The molecule has 3 rings (SSSR count). The van der Waals surface area contributed by atoms with Crippen molar-refractivity contribution in [3.8, 4) is 5.75 Å². The minimum absolute atomic E-state index is 0.139. The van der Waals surface area contributed by atoms with Gasteiger partial charge in [0.2, 0.25) is 5.91 Å². The smallest absolute Gasteiger partial charge is 0.243 e. The van der Waals surface area contributed by atoms with Gasteiger partial charge in [0, 0.05) is 18.8 Å². The Hall–Kier alpha value is -3.15. The molecule has 0 radical (unpaired) electrons. The molecule has 6 heteroatoms. The number of amides is 1. The van der Waals surface area contributed by atoms with Crippen molar-refractivity contribution in [1.29, 1.82) is 0 Å². The minimum atomic E-state index is -1.24. The third kappa shape index (κ3) is 4.34. The maximum atomic E-state index is 12.6. The molecule has 27 heavy (non-hydrogen) atoms. The van der Waals surface area contributed by atoms with Gasteiger partial charge in [0.15, 0.2) is 0 Å². The van der Waals surface area contributed by atoms with Gasteiger partial charge in [0.25, 0.3) is 0 Å². The van der Waals surface area contributed by atoms with Crippen molar-refractivity contribution in [3.05, 3.63) is 65.2 Å². The first-order valence-electron chi connectivity index (χ1n) is 8.78. The average Bonchev–Trinajstić information content (AvgIpc) is 3.12. The lowest BCUT2D eigenvalue weighted by Crippen LogP contribution is -2.29. The van der Waals surface area contributed by atoms with Crippen LogP contribution in [-0.2, 0) is 9.59 Å². The van der Waals surface area contributed by atoms with E-state index >= 15 is 0 Å². The number of carboxylic acids is 1. The second kappa shape index (κ2) is 8.03. The summed E-state index contributed by atoms with van der Waals surface area (Å²) < 4.78 is 5.19. The van der Waals surface area contributed by atoms with Crippen LogP contribution in [0.15, 0.2) is 53.6 Å². The van der Waals surface area contributed by atoms with E-state index in [1.165, 1.54) is 5.01 Å². The van der Waals surface area contributed by atoms with Crippen LogP contribution in [0.25, 0.3) is 0 Å². The lowest BCUT2D eigenvalue weighted by Gasteiger charge is -2.22. The monoisotopic (exact) mass is 365 g/mol. The zero-order valence-electron chi connectivity index (χ0n) is 15.3. The molecule has 1 aliphatic heterocycles. The predicted octanol–water partition coefficient (Wildman–Crippen LogP) is 2.21. The highest BCUT2D eigenvalue weighted by Gasteiger charge is 2.32. The molecule has 1 heterocycles. The van der Waals surface area contributed by atoms with Gasteiger partial charge in [0.1, 0.15) is 5.75 Å². The van der Waals surface area contributed by atoms with Gasteiger partial charge in [0.05, 0.1) is 18.9 Å². The fourth-order valence-electron chi connectivity index (χ4n) is 3.07. The molecule has 2 aromatic carbocycles. The molecule has 0 bridgehead atoms. The molecule has 0 aromatic heterocycles. The molecule has 1 atom stereocenters. The topological polar surface area (TPSA) is 82.0 Å². The fourth-order valence-corrected chi connectivity index (χ4v) is 3.07.